The van der Waals surface area contributed by atoms with Crippen LogP contribution in [0.15, 0.2) is 59.2 Å². The molecule has 110 valence electrons. The number of hydrogen-bond donors (Lipinski definition) is 0. The summed E-state index contributed by atoms with van der Waals surface area (Å²) in [5, 5.41) is 0.479. The van der Waals surface area contributed by atoms with Gasteiger partial charge in [0.1, 0.15) is 5.75 Å². The summed E-state index contributed by atoms with van der Waals surface area (Å²) in [7, 11) is 1.57. The van der Waals surface area contributed by atoms with Gasteiger partial charge in [-0.05, 0) is 24.3 Å². The Bertz CT molecular complexity index is 796. The largest absolute Gasteiger partial charge is 0.496 e. The van der Waals surface area contributed by atoms with Crippen LogP contribution in [0, 0.1) is 0 Å². The minimum absolute atomic E-state index is 0.205. The first-order valence-corrected chi connectivity index (χ1v) is 6.97. The lowest BCUT2D eigenvalue weighted by atomic mass is 10.1. The van der Waals surface area contributed by atoms with E-state index >= 15 is 0 Å². The topological polar surface area (TPSA) is 47.9 Å². The first kappa shape index (κ1) is 14.4. The Balaban J connectivity index is 2.00. The average Bonchev–Trinajstić information content (AvgIpc) is 2.89. The molecule has 0 spiro atoms. The van der Waals surface area contributed by atoms with E-state index in [2.05, 4.69) is 4.99 Å². The Morgan fingerprint density at radius 2 is 1.86 bits per heavy atom. The summed E-state index contributed by atoms with van der Waals surface area (Å²) in [6.07, 6.45) is 1.63. The molecule has 2 aromatic rings. The van der Waals surface area contributed by atoms with E-state index in [0.717, 1.165) is 5.56 Å². The molecule has 0 aliphatic carbocycles. The van der Waals surface area contributed by atoms with E-state index in [1.165, 1.54) is 0 Å². The van der Waals surface area contributed by atoms with Crippen LogP contribution in [-0.2, 0) is 9.53 Å². The lowest BCUT2D eigenvalue weighted by molar-refractivity contribution is -0.129. The average molecular weight is 314 g/mol. The molecule has 1 aliphatic rings. The van der Waals surface area contributed by atoms with Crippen LogP contribution in [0.2, 0.25) is 5.02 Å². The molecule has 4 nitrogen and oxygen atoms in total. The third-order valence-electron chi connectivity index (χ3n) is 3.16. The predicted octanol–water partition coefficient (Wildman–Crippen LogP) is 3.69. The van der Waals surface area contributed by atoms with Crippen LogP contribution < -0.4 is 4.74 Å². The number of halogens is 1. The lowest BCUT2D eigenvalue weighted by Crippen LogP contribution is -2.05. The van der Waals surface area contributed by atoms with Crippen molar-refractivity contribution in [2.75, 3.05) is 7.11 Å². The molecule has 0 N–H and O–H groups in total. The van der Waals surface area contributed by atoms with Gasteiger partial charge >= 0.3 is 5.97 Å². The number of para-hydroxylation sites is 1. The van der Waals surface area contributed by atoms with Gasteiger partial charge in [0.25, 0.3) is 0 Å². The van der Waals surface area contributed by atoms with E-state index in [1.54, 1.807) is 37.5 Å². The summed E-state index contributed by atoms with van der Waals surface area (Å²) >= 11 is 6.10. The first-order valence-electron chi connectivity index (χ1n) is 6.59. The molecule has 3 rings (SSSR count). The van der Waals surface area contributed by atoms with Crippen LogP contribution in [0.3, 0.4) is 0 Å². The zero-order valence-electron chi connectivity index (χ0n) is 11.7. The molecule has 0 aromatic heterocycles. The number of benzene rings is 2. The fourth-order valence-electron chi connectivity index (χ4n) is 2.09. The van der Waals surface area contributed by atoms with Gasteiger partial charge < -0.3 is 9.47 Å². The number of rotatable bonds is 3. The number of carbonyl (C=O) groups excluding carboxylic acids is 1. The van der Waals surface area contributed by atoms with Crippen molar-refractivity contribution in [2.45, 2.75) is 0 Å². The molecule has 5 heteroatoms. The van der Waals surface area contributed by atoms with E-state index in [4.69, 9.17) is 21.1 Å². The molecule has 0 amide bonds. The number of cyclic esters (lactones) is 1. The van der Waals surface area contributed by atoms with Crippen molar-refractivity contribution in [3.05, 3.63) is 70.4 Å². The number of methoxy groups -OCH3 is 1. The van der Waals surface area contributed by atoms with Crippen molar-refractivity contribution < 1.29 is 14.3 Å². The fraction of sp³-hybridized carbons (Fsp3) is 0.0588. The highest BCUT2D eigenvalue weighted by molar-refractivity contribution is 6.34. The molecule has 0 saturated heterocycles. The van der Waals surface area contributed by atoms with Crippen LogP contribution in [-0.4, -0.2) is 19.0 Å². The Morgan fingerprint density at radius 1 is 1.14 bits per heavy atom. The van der Waals surface area contributed by atoms with Gasteiger partial charge in [0.05, 0.1) is 17.7 Å². The van der Waals surface area contributed by atoms with Crippen molar-refractivity contribution in [2.24, 2.45) is 4.99 Å². The fourth-order valence-corrected chi connectivity index (χ4v) is 2.31. The molecule has 0 saturated carbocycles. The molecule has 0 unspecified atom stereocenters. The highest BCUT2D eigenvalue weighted by Crippen LogP contribution is 2.26. The van der Waals surface area contributed by atoms with E-state index in [-0.39, 0.29) is 11.6 Å². The number of hydrogen-bond acceptors (Lipinski definition) is 4. The normalized spacial score (nSPS) is 15.6. The van der Waals surface area contributed by atoms with E-state index in [0.29, 0.717) is 16.3 Å². The smallest absolute Gasteiger partial charge is 0.363 e. The van der Waals surface area contributed by atoms with Crippen LogP contribution in [0.5, 0.6) is 5.75 Å². The highest BCUT2D eigenvalue weighted by atomic mass is 35.5. The molecule has 0 radical (unpaired) electrons. The first-order chi connectivity index (χ1) is 10.7. The quantitative estimate of drug-likeness (QED) is 0.641. The maximum atomic E-state index is 12.0. The summed E-state index contributed by atoms with van der Waals surface area (Å²) in [6.45, 7) is 0. The van der Waals surface area contributed by atoms with Crippen molar-refractivity contribution in [1.82, 2.24) is 0 Å². The van der Waals surface area contributed by atoms with Gasteiger partial charge in [0, 0.05) is 5.56 Å². The zero-order chi connectivity index (χ0) is 15.5. The maximum Gasteiger partial charge on any atom is 0.363 e. The van der Waals surface area contributed by atoms with Gasteiger partial charge in [-0.15, -0.1) is 0 Å². The van der Waals surface area contributed by atoms with Gasteiger partial charge in [-0.1, -0.05) is 41.9 Å². The monoisotopic (exact) mass is 313 g/mol. The second kappa shape index (κ2) is 6.03. The molecule has 22 heavy (non-hydrogen) atoms. The number of carbonyl (C=O) groups is 1. The zero-order valence-corrected chi connectivity index (χ0v) is 12.5. The van der Waals surface area contributed by atoms with Gasteiger partial charge in [0.15, 0.2) is 5.70 Å². The van der Waals surface area contributed by atoms with Crippen molar-refractivity contribution >= 4 is 29.5 Å². The van der Waals surface area contributed by atoms with Crippen LogP contribution in [0.4, 0.5) is 0 Å². The Labute approximate surface area is 132 Å². The van der Waals surface area contributed by atoms with Crippen LogP contribution in [0.1, 0.15) is 11.1 Å². The second-order valence-corrected chi connectivity index (χ2v) is 4.97. The Hall–Kier alpha value is -2.59. The summed E-state index contributed by atoms with van der Waals surface area (Å²) in [4.78, 5) is 16.2. The second-order valence-electron chi connectivity index (χ2n) is 4.56. The number of esters is 1. The summed E-state index contributed by atoms with van der Waals surface area (Å²) in [6, 6.07) is 14.4. The predicted molar refractivity (Wildman–Crippen MR) is 85.1 cm³/mol. The van der Waals surface area contributed by atoms with E-state index in [1.807, 2.05) is 24.3 Å². The van der Waals surface area contributed by atoms with Crippen molar-refractivity contribution in [3.8, 4) is 5.75 Å². The minimum atomic E-state index is -0.513. The summed E-state index contributed by atoms with van der Waals surface area (Å²) < 4.78 is 10.5. The molecule has 0 bridgehead atoms. The van der Waals surface area contributed by atoms with Gasteiger partial charge in [-0.25, -0.2) is 9.79 Å². The third kappa shape index (κ3) is 2.73. The molecule has 1 heterocycles. The minimum Gasteiger partial charge on any atom is -0.496 e. The van der Waals surface area contributed by atoms with Gasteiger partial charge in [-0.3, -0.25) is 0 Å². The van der Waals surface area contributed by atoms with Crippen molar-refractivity contribution in [3.63, 3.8) is 0 Å². The Kier molecular flexibility index (Phi) is 3.94. The maximum absolute atomic E-state index is 12.0. The van der Waals surface area contributed by atoms with Crippen LogP contribution in [0.25, 0.3) is 6.08 Å². The SMILES string of the molecule is COc1ccccc1/C=C1\N=C(c2ccccc2Cl)OC1=O. The molecule has 0 fully saturated rings. The molecule has 1 aliphatic heterocycles. The molecular formula is C17H12ClNO3. The number of ether oxygens (including phenoxy) is 2. The van der Waals surface area contributed by atoms with Gasteiger partial charge in [0.2, 0.25) is 5.90 Å². The third-order valence-corrected chi connectivity index (χ3v) is 3.49. The molecular weight excluding hydrogens is 302 g/mol. The highest BCUT2D eigenvalue weighted by Gasteiger charge is 2.25. The van der Waals surface area contributed by atoms with E-state index in [9.17, 15) is 4.79 Å². The summed E-state index contributed by atoms with van der Waals surface area (Å²) in [5.74, 6) is 0.349. The van der Waals surface area contributed by atoms with Crippen LogP contribution >= 0.6 is 11.6 Å². The number of aliphatic imine (C=N–C) groups is 1. The van der Waals surface area contributed by atoms with E-state index < -0.39 is 5.97 Å². The lowest BCUT2D eigenvalue weighted by Gasteiger charge is -2.03. The molecule has 2 aromatic carbocycles. The number of nitrogens with zero attached hydrogens (tertiary/aromatic N) is 1. The standard InChI is InChI=1S/C17H12ClNO3/c1-21-15-9-5-2-6-11(15)10-14-17(20)22-16(19-14)12-7-3-4-8-13(12)18/h2-10H,1H3/b14-10-. The van der Waals surface area contributed by atoms with Gasteiger partial charge in [-0.2, -0.15) is 0 Å². The molecule has 0 atom stereocenters. The Morgan fingerprint density at radius 3 is 2.64 bits per heavy atom. The van der Waals surface area contributed by atoms with Crippen molar-refractivity contribution in [1.29, 1.82) is 0 Å². The summed E-state index contributed by atoms with van der Waals surface area (Å²) in [5.41, 5.74) is 1.54.